The van der Waals surface area contributed by atoms with Gasteiger partial charge in [0.25, 0.3) is 5.91 Å². The van der Waals surface area contributed by atoms with Gasteiger partial charge in [-0.3, -0.25) is 4.79 Å². The highest BCUT2D eigenvalue weighted by Crippen LogP contribution is 2.26. The molecule has 2 aromatic rings. The standard InChI is InChI=1S/C26H36N4O/c27-24-10-4-5-11-25(24)29-26(31)21-12-14-23(15-13-21)28-22-9-6-17-30(18-16-22)19-20-7-2-1-3-8-20/h4-5,10-15,20,22,28H,1-3,6-9,16-19,27H2,(H,29,31)/t22-/m0/s1. The molecule has 2 fully saturated rings. The number of hydrogen-bond donors (Lipinski definition) is 3. The Bertz CT molecular complexity index is 845. The molecule has 0 bridgehead atoms. The van der Waals surface area contributed by atoms with Gasteiger partial charge >= 0.3 is 0 Å². The molecule has 1 aliphatic carbocycles. The first-order valence-corrected chi connectivity index (χ1v) is 11.9. The smallest absolute Gasteiger partial charge is 0.255 e. The first-order valence-electron chi connectivity index (χ1n) is 11.9. The lowest BCUT2D eigenvalue weighted by molar-refractivity contribution is 0.102. The Labute approximate surface area is 186 Å². The van der Waals surface area contributed by atoms with Crippen molar-refractivity contribution in [1.29, 1.82) is 0 Å². The van der Waals surface area contributed by atoms with Crippen LogP contribution in [-0.4, -0.2) is 36.5 Å². The predicted octanol–water partition coefficient (Wildman–Crippen LogP) is 5.37. The average molecular weight is 421 g/mol. The number of amides is 1. The third-order valence-corrected chi connectivity index (χ3v) is 6.79. The van der Waals surface area contributed by atoms with Gasteiger partial charge in [0.05, 0.1) is 11.4 Å². The van der Waals surface area contributed by atoms with E-state index in [0.717, 1.165) is 11.6 Å². The number of rotatable bonds is 6. The highest BCUT2D eigenvalue weighted by atomic mass is 16.1. The van der Waals surface area contributed by atoms with Crippen molar-refractivity contribution in [3.63, 3.8) is 0 Å². The molecule has 0 unspecified atom stereocenters. The van der Waals surface area contributed by atoms with Crippen LogP contribution in [0.4, 0.5) is 17.1 Å². The Kier molecular flexibility index (Phi) is 7.47. The molecule has 0 spiro atoms. The molecule has 5 heteroatoms. The zero-order valence-corrected chi connectivity index (χ0v) is 18.5. The number of anilines is 3. The average Bonchev–Trinajstić information content (AvgIpc) is 3.01. The number of hydrogen-bond acceptors (Lipinski definition) is 4. The summed E-state index contributed by atoms with van der Waals surface area (Å²) in [5, 5.41) is 6.58. The van der Waals surface area contributed by atoms with Crippen molar-refractivity contribution in [3.05, 3.63) is 54.1 Å². The number of nitrogen functional groups attached to an aromatic ring is 1. The van der Waals surface area contributed by atoms with Crippen molar-refractivity contribution < 1.29 is 4.79 Å². The van der Waals surface area contributed by atoms with Gasteiger partial charge in [0.2, 0.25) is 0 Å². The maximum absolute atomic E-state index is 12.5. The number of para-hydroxylation sites is 2. The van der Waals surface area contributed by atoms with Crippen molar-refractivity contribution in [3.8, 4) is 0 Å². The number of carbonyl (C=O) groups excluding carboxylic acids is 1. The van der Waals surface area contributed by atoms with E-state index in [9.17, 15) is 4.79 Å². The number of carbonyl (C=O) groups is 1. The van der Waals surface area contributed by atoms with Crippen LogP contribution < -0.4 is 16.4 Å². The molecule has 1 heterocycles. The lowest BCUT2D eigenvalue weighted by Crippen LogP contribution is -2.32. The number of nitrogens with zero attached hydrogens (tertiary/aromatic N) is 1. The van der Waals surface area contributed by atoms with Crippen molar-refractivity contribution in [1.82, 2.24) is 4.90 Å². The molecule has 1 saturated heterocycles. The second-order valence-corrected chi connectivity index (χ2v) is 9.20. The van der Waals surface area contributed by atoms with E-state index in [1.54, 1.807) is 6.07 Å². The van der Waals surface area contributed by atoms with Crippen molar-refractivity contribution >= 4 is 23.0 Å². The van der Waals surface area contributed by atoms with E-state index in [1.807, 2.05) is 42.5 Å². The fourth-order valence-electron chi connectivity index (χ4n) is 4.98. The molecular formula is C26H36N4O. The lowest BCUT2D eigenvalue weighted by atomic mass is 9.89. The molecule has 1 amide bonds. The van der Waals surface area contributed by atoms with Gasteiger partial charge < -0.3 is 21.3 Å². The number of likely N-dealkylation sites (tertiary alicyclic amines) is 1. The summed E-state index contributed by atoms with van der Waals surface area (Å²) in [6.07, 6.45) is 10.8. The molecule has 2 aliphatic rings. The van der Waals surface area contributed by atoms with E-state index in [-0.39, 0.29) is 5.91 Å². The summed E-state index contributed by atoms with van der Waals surface area (Å²) in [6.45, 7) is 3.71. The third-order valence-electron chi connectivity index (χ3n) is 6.79. The van der Waals surface area contributed by atoms with Gasteiger partial charge in [0, 0.05) is 30.4 Å². The third kappa shape index (κ3) is 6.23. The van der Waals surface area contributed by atoms with Crippen LogP contribution in [0.2, 0.25) is 0 Å². The minimum atomic E-state index is -0.141. The molecule has 0 aromatic heterocycles. The first-order chi connectivity index (χ1) is 15.2. The fourth-order valence-corrected chi connectivity index (χ4v) is 4.98. The van der Waals surface area contributed by atoms with Gasteiger partial charge in [-0.25, -0.2) is 0 Å². The van der Waals surface area contributed by atoms with Crippen molar-refractivity contribution in [2.75, 3.05) is 36.0 Å². The van der Waals surface area contributed by atoms with Gasteiger partial charge in [0.1, 0.15) is 0 Å². The minimum Gasteiger partial charge on any atom is -0.397 e. The Balaban J connectivity index is 1.26. The molecule has 4 N–H and O–H groups in total. The summed E-state index contributed by atoms with van der Waals surface area (Å²) in [5.74, 6) is 0.778. The maximum atomic E-state index is 12.5. The number of benzene rings is 2. The van der Waals surface area contributed by atoms with Gasteiger partial charge in [-0.1, -0.05) is 31.4 Å². The largest absolute Gasteiger partial charge is 0.397 e. The molecular weight excluding hydrogens is 384 g/mol. The Hall–Kier alpha value is -2.53. The van der Waals surface area contributed by atoms with Crippen LogP contribution in [0.1, 0.15) is 61.7 Å². The van der Waals surface area contributed by atoms with Crippen LogP contribution in [0.5, 0.6) is 0 Å². The van der Waals surface area contributed by atoms with Crippen LogP contribution in [0.3, 0.4) is 0 Å². The zero-order chi connectivity index (χ0) is 21.5. The Morgan fingerprint density at radius 3 is 2.45 bits per heavy atom. The highest BCUT2D eigenvalue weighted by Gasteiger charge is 2.21. The molecule has 31 heavy (non-hydrogen) atoms. The van der Waals surface area contributed by atoms with Gasteiger partial charge in [-0.15, -0.1) is 0 Å². The molecule has 166 valence electrons. The van der Waals surface area contributed by atoms with Gasteiger partial charge in [-0.05, 0) is 81.0 Å². The van der Waals surface area contributed by atoms with E-state index in [2.05, 4.69) is 15.5 Å². The number of nitrogens with two attached hydrogens (primary N) is 1. The molecule has 5 nitrogen and oxygen atoms in total. The van der Waals surface area contributed by atoms with Crippen LogP contribution in [-0.2, 0) is 0 Å². The molecule has 0 radical (unpaired) electrons. The molecule has 1 saturated carbocycles. The highest BCUT2D eigenvalue weighted by molar-refractivity contribution is 6.05. The van der Waals surface area contributed by atoms with E-state index in [0.29, 0.717) is 23.0 Å². The second kappa shape index (κ2) is 10.7. The predicted molar refractivity (Wildman–Crippen MR) is 130 cm³/mol. The number of nitrogens with one attached hydrogen (secondary N) is 2. The summed E-state index contributed by atoms with van der Waals surface area (Å²) in [5.41, 5.74) is 8.85. The fraction of sp³-hybridized carbons (Fsp3) is 0.500. The van der Waals surface area contributed by atoms with Crippen LogP contribution in [0.25, 0.3) is 0 Å². The van der Waals surface area contributed by atoms with E-state index in [1.165, 1.54) is 71.0 Å². The summed E-state index contributed by atoms with van der Waals surface area (Å²) < 4.78 is 0. The minimum absolute atomic E-state index is 0.141. The summed E-state index contributed by atoms with van der Waals surface area (Å²) in [4.78, 5) is 15.2. The quantitative estimate of drug-likeness (QED) is 0.550. The van der Waals surface area contributed by atoms with E-state index in [4.69, 9.17) is 5.73 Å². The van der Waals surface area contributed by atoms with Crippen LogP contribution in [0, 0.1) is 5.92 Å². The first kappa shape index (κ1) is 21.7. The summed E-state index contributed by atoms with van der Waals surface area (Å²) in [7, 11) is 0. The van der Waals surface area contributed by atoms with Crippen molar-refractivity contribution in [2.45, 2.75) is 57.4 Å². The lowest BCUT2D eigenvalue weighted by Gasteiger charge is -2.28. The molecule has 4 rings (SSSR count). The zero-order valence-electron chi connectivity index (χ0n) is 18.5. The monoisotopic (exact) mass is 420 g/mol. The summed E-state index contributed by atoms with van der Waals surface area (Å²) >= 11 is 0. The SMILES string of the molecule is Nc1ccccc1NC(=O)c1ccc(N[C@H]2CCCN(CC3CCCCC3)CC2)cc1. The maximum Gasteiger partial charge on any atom is 0.255 e. The van der Waals surface area contributed by atoms with Crippen molar-refractivity contribution in [2.24, 2.45) is 5.92 Å². The Morgan fingerprint density at radius 2 is 1.68 bits per heavy atom. The topological polar surface area (TPSA) is 70.4 Å². The normalized spacial score (nSPS) is 20.7. The summed E-state index contributed by atoms with van der Waals surface area (Å²) in [6, 6.07) is 15.6. The van der Waals surface area contributed by atoms with Crippen LogP contribution >= 0.6 is 0 Å². The van der Waals surface area contributed by atoms with Crippen LogP contribution in [0.15, 0.2) is 48.5 Å². The molecule has 2 aromatic carbocycles. The van der Waals surface area contributed by atoms with E-state index >= 15 is 0 Å². The molecule has 1 atom stereocenters. The van der Waals surface area contributed by atoms with Gasteiger partial charge in [0.15, 0.2) is 0 Å². The second-order valence-electron chi connectivity index (χ2n) is 9.20. The Morgan fingerprint density at radius 1 is 0.903 bits per heavy atom. The molecule has 1 aliphatic heterocycles. The van der Waals surface area contributed by atoms with E-state index < -0.39 is 0 Å². The van der Waals surface area contributed by atoms with Gasteiger partial charge in [-0.2, -0.15) is 0 Å².